The fourth-order valence-electron chi connectivity index (χ4n) is 3.02. The number of hydrogen-bond donors (Lipinski definition) is 2. The molecule has 0 aliphatic heterocycles. The van der Waals surface area contributed by atoms with Crippen LogP contribution in [0.4, 0.5) is 0 Å². The van der Waals surface area contributed by atoms with Gasteiger partial charge in [0.05, 0.1) is 6.10 Å². The van der Waals surface area contributed by atoms with E-state index in [2.05, 4.69) is 6.92 Å². The highest BCUT2D eigenvalue weighted by Gasteiger charge is 2.03. The van der Waals surface area contributed by atoms with Gasteiger partial charge in [0.2, 0.25) is 0 Å². The molecule has 0 aromatic rings. The molecule has 0 aromatic carbocycles. The third kappa shape index (κ3) is 21.4. The minimum atomic E-state index is -0.670. The van der Waals surface area contributed by atoms with Crippen LogP contribution >= 0.6 is 0 Å². The minimum Gasteiger partial charge on any atom is -0.481 e. The zero-order chi connectivity index (χ0) is 17.2. The normalized spacial score (nSPS) is 11.9. The Kier molecular flexibility index (Phi) is 21.9. The molecular formula is C21H44O3. The highest BCUT2D eigenvalue weighted by molar-refractivity contribution is 5.66. The number of carboxylic acids is 1. The molecule has 3 heteroatoms. The predicted octanol–water partition coefficient (Wildman–Crippen LogP) is 6.72. The highest BCUT2D eigenvalue weighted by Crippen LogP contribution is 2.14. The van der Waals surface area contributed by atoms with Crippen LogP contribution in [0.25, 0.3) is 0 Å². The van der Waals surface area contributed by atoms with Crippen molar-refractivity contribution in [1.82, 2.24) is 0 Å². The summed E-state index contributed by atoms with van der Waals surface area (Å²) in [5, 5.41) is 18.4. The molecular weight excluding hydrogens is 300 g/mol. The van der Waals surface area contributed by atoms with Gasteiger partial charge in [-0.15, -0.1) is 0 Å². The standard InChI is InChI=1S/C20H40O3.CH4/c1-2-3-4-13-16-19(21)17-14-11-9-7-5-6-8-10-12-15-18-20(22)23;/h19,21H,2-18H2,1H3,(H,22,23);1H4. The maximum absolute atomic E-state index is 10.4. The van der Waals surface area contributed by atoms with Gasteiger partial charge in [-0.25, -0.2) is 0 Å². The largest absolute Gasteiger partial charge is 0.481 e. The van der Waals surface area contributed by atoms with Gasteiger partial charge in [-0.2, -0.15) is 0 Å². The summed E-state index contributed by atoms with van der Waals surface area (Å²) in [5.74, 6) is -0.670. The van der Waals surface area contributed by atoms with Gasteiger partial charge in [0, 0.05) is 6.42 Å². The van der Waals surface area contributed by atoms with E-state index >= 15 is 0 Å². The smallest absolute Gasteiger partial charge is 0.303 e. The van der Waals surface area contributed by atoms with Crippen LogP contribution in [0.5, 0.6) is 0 Å². The lowest BCUT2D eigenvalue weighted by Gasteiger charge is -2.10. The van der Waals surface area contributed by atoms with Gasteiger partial charge < -0.3 is 10.2 Å². The second-order valence-corrected chi connectivity index (χ2v) is 6.97. The van der Waals surface area contributed by atoms with Crippen molar-refractivity contribution in [2.45, 2.75) is 130 Å². The molecule has 0 fully saturated rings. The Hall–Kier alpha value is -0.570. The summed E-state index contributed by atoms with van der Waals surface area (Å²) in [6.07, 6.45) is 19.2. The van der Waals surface area contributed by atoms with Crippen LogP contribution < -0.4 is 0 Å². The second-order valence-electron chi connectivity index (χ2n) is 6.97. The van der Waals surface area contributed by atoms with Crippen LogP contribution in [0.2, 0.25) is 0 Å². The predicted molar refractivity (Wildman–Crippen MR) is 105 cm³/mol. The van der Waals surface area contributed by atoms with Crippen LogP contribution in [-0.2, 0) is 4.79 Å². The second kappa shape index (κ2) is 20.5. The molecule has 0 radical (unpaired) electrons. The summed E-state index contributed by atoms with van der Waals surface area (Å²) >= 11 is 0. The molecule has 146 valence electrons. The lowest BCUT2D eigenvalue weighted by atomic mass is 10.0. The van der Waals surface area contributed by atoms with E-state index in [0.717, 1.165) is 25.7 Å². The van der Waals surface area contributed by atoms with Crippen molar-refractivity contribution in [2.24, 2.45) is 0 Å². The van der Waals surface area contributed by atoms with Gasteiger partial charge in [0.15, 0.2) is 0 Å². The molecule has 0 heterocycles. The number of carboxylic acid groups (broad SMARTS) is 1. The topological polar surface area (TPSA) is 57.5 Å². The van der Waals surface area contributed by atoms with Gasteiger partial charge in [-0.1, -0.05) is 97.8 Å². The molecule has 24 heavy (non-hydrogen) atoms. The summed E-state index contributed by atoms with van der Waals surface area (Å²) in [6, 6.07) is 0. The van der Waals surface area contributed by atoms with Crippen molar-refractivity contribution in [3.63, 3.8) is 0 Å². The highest BCUT2D eigenvalue weighted by atomic mass is 16.4. The molecule has 0 amide bonds. The first-order chi connectivity index (χ1) is 11.2. The average Bonchev–Trinajstić information content (AvgIpc) is 2.52. The Labute approximate surface area is 151 Å². The van der Waals surface area contributed by atoms with Gasteiger partial charge in [0.25, 0.3) is 0 Å². The maximum atomic E-state index is 10.4. The Morgan fingerprint density at radius 1 is 0.708 bits per heavy atom. The number of aliphatic carboxylic acids is 1. The van der Waals surface area contributed by atoms with Crippen molar-refractivity contribution in [3.05, 3.63) is 0 Å². The van der Waals surface area contributed by atoms with E-state index in [1.54, 1.807) is 0 Å². The van der Waals surface area contributed by atoms with Crippen molar-refractivity contribution < 1.29 is 15.0 Å². The summed E-state index contributed by atoms with van der Waals surface area (Å²) in [6.45, 7) is 2.22. The van der Waals surface area contributed by atoms with E-state index in [0.29, 0.717) is 6.42 Å². The molecule has 0 aliphatic rings. The number of rotatable bonds is 18. The lowest BCUT2D eigenvalue weighted by Crippen LogP contribution is -2.05. The van der Waals surface area contributed by atoms with Crippen molar-refractivity contribution in [2.75, 3.05) is 0 Å². The van der Waals surface area contributed by atoms with E-state index in [4.69, 9.17) is 5.11 Å². The molecule has 0 bridgehead atoms. The third-order valence-corrected chi connectivity index (χ3v) is 4.57. The molecule has 0 aromatic heterocycles. The van der Waals surface area contributed by atoms with E-state index in [1.165, 1.54) is 77.0 Å². The first-order valence-electron chi connectivity index (χ1n) is 10.1. The summed E-state index contributed by atoms with van der Waals surface area (Å²) in [7, 11) is 0. The molecule has 0 saturated carbocycles. The van der Waals surface area contributed by atoms with Crippen molar-refractivity contribution >= 4 is 5.97 Å². The third-order valence-electron chi connectivity index (χ3n) is 4.57. The fourth-order valence-corrected chi connectivity index (χ4v) is 3.02. The minimum absolute atomic E-state index is 0. The van der Waals surface area contributed by atoms with Gasteiger partial charge in [0.1, 0.15) is 0 Å². The van der Waals surface area contributed by atoms with Crippen LogP contribution in [0, 0.1) is 0 Å². The van der Waals surface area contributed by atoms with Gasteiger partial charge >= 0.3 is 5.97 Å². The van der Waals surface area contributed by atoms with E-state index in [9.17, 15) is 9.90 Å². The Morgan fingerprint density at radius 3 is 1.50 bits per heavy atom. The molecule has 0 rings (SSSR count). The summed E-state index contributed by atoms with van der Waals surface area (Å²) in [4.78, 5) is 10.4. The van der Waals surface area contributed by atoms with Crippen LogP contribution in [-0.4, -0.2) is 22.3 Å². The average molecular weight is 345 g/mol. The SMILES string of the molecule is C.CCCCCCC(O)CCCCCCCCCCCCC(=O)O. The van der Waals surface area contributed by atoms with E-state index < -0.39 is 5.97 Å². The quantitative estimate of drug-likeness (QED) is 0.271. The maximum Gasteiger partial charge on any atom is 0.303 e. The molecule has 1 unspecified atom stereocenters. The Balaban J connectivity index is 0. The molecule has 3 nitrogen and oxygen atoms in total. The Morgan fingerprint density at radius 2 is 1.08 bits per heavy atom. The molecule has 0 saturated heterocycles. The number of aliphatic hydroxyl groups is 1. The first kappa shape index (κ1) is 25.7. The van der Waals surface area contributed by atoms with E-state index in [-0.39, 0.29) is 13.5 Å². The fraction of sp³-hybridized carbons (Fsp3) is 0.952. The van der Waals surface area contributed by atoms with Gasteiger partial charge in [-0.3, -0.25) is 4.79 Å². The van der Waals surface area contributed by atoms with Gasteiger partial charge in [-0.05, 0) is 19.3 Å². The number of carbonyl (C=O) groups is 1. The molecule has 1 atom stereocenters. The van der Waals surface area contributed by atoms with Crippen molar-refractivity contribution in [1.29, 1.82) is 0 Å². The molecule has 0 aliphatic carbocycles. The van der Waals surface area contributed by atoms with Crippen LogP contribution in [0.3, 0.4) is 0 Å². The monoisotopic (exact) mass is 344 g/mol. The summed E-state index contributed by atoms with van der Waals surface area (Å²) in [5.41, 5.74) is 0. The summed E-state index contributed by atoms with van der Waals surface area (Å²) < 4.78 is 0. The van der Waals surface area contributed by atoms with E-state index in [1.807, 2.05) is 0 Å². The van der Waals surface area contributed by atoms with Crippen LogP contribution in [0.15, 0.2) is 0 Å². The first-order valence-corrected chi connectivity index (χ1v) is 10.1. The molecule has 2 N–H and O–H groups in total. The zero-order valence-electron chi connectivity index (χ0n) is 15.4. The molecule has 0 spiro atoms. The number of aliphatic hydroxyl groups excluding tert-OH is 1. The van der Waals surface area contributed by atoms with Crippen molar-refractivity contribution in [3.8, 4) is 0 Å². The van der Waals surface area contributed by atoms with Crippen LogP contribution in [0.1, 0.15) is 124 Å². The number of unbranched alkanes of at least 4 members (excludes halogenated alkanes) is 12. The zero-order valence-corrected chi connectivity index (χ0v) is 15.4. The Bertz CT molecular complexity index is 253. The lowest BCUT2D eigenvalue weighted by molar-refractivity contribution is -0.137. The number of hydrogen-bond acceptors (Lipinski definition) is 2.